The molecule has 1 aliphatic rings. The Balaban J connectivity index is 1.59. The van der Waals surface area contributed by atoms with Gasteiger partial charge in [0.15, 0.2) is 11.5 Å². The number of hydrogen-bond acceptors (Lipinski definition) is 7. The quantitative estimate of drug-likeness (QED) is 0.257. The highest BCUT2D eigenvalue weighted by molar-refractivity contribution is 9.10. The minimum absolute atomic E-state index is 0.206. The zero-order valence-corrected chi connectivity index (χ0v) is 21.5. The predicted molar refractivity (Wildman–Crippen MR) is 138 cm³/mol. The van der Waals surface area contributed by atoms with E-state index in [9.17, 15) is 14.4 Å². The molecule has 7 nitrogen and oxygen atoms in total. The maximum Gasteiger partial charge on any atom is 0.325 e. The smallest absolute Gasteiger partial charge is 0.325 e. The first-order valence-corrected chi connectivity index (χ1v) is 12.4. The van der Waals surface area contributed by atoms with Gasteiger partial charge in [-0.2, -0.15) is 0 Å². The van der Waals surface area contributed by atoms with Crippen molar-refractivity contribution in [2.24, 2.45) is 0 Å². The molecular formula is C26H22BrNO6S. The molecule has 3 aromatic carbocycles. The van der Waals surface area contributed by atoms with Crippen molar-refractivity contribution in [2.45, 2.75) is 13.5 Å². The number of fused-ring (bicyclic) bond motifs is 1. The van der Waals surface area contributed by atoms with Crippen molar-refractivity contribution >= 4 is 61.7 Å². The summed E-state index contributed by atoms with van der Waals surface area (Å²) in [5.41, 5.74) is 1.68. The Hall–Kier alpha value is -3.30. The molecule has 1 aliphatic heterocycles. The number of nitrogens with zero attached hydrogens (tertiary/aromatic N) is 1. The molecule has 1 heterocycles. The fourth-order valence-corrected chi connectivity index (χ4v) is 5.04. The third kappa shape index (κ3) is 5.52. The zero-order valence-electron chi connectivity index (χ0n) is 19.1. The molecule has 0 radical (unpaired) electrons. The molecular weight excluding hydrogens is 534 g/mol. The first-order chi connectivity index (χ1) is 16.9. The Morgan fingerprint density at radius 1 is 1.09 bits per heavy atom. The second kappa shape index (κ2) is 11.0. The van der Waals surface area contributed by atoms with E-state index >= 15 is 0 Å². The van der Waals surface area contributed by atoms with Gasteiger partial charge in [0, 0.05) is 0 Å². The van der Waals surface area contributed by atoms with E-state index in [1.54, 1.807) is 18.2 Å². The summed E-state index contributed by atoms with van der Waals surface area (Å²) in [6.45, 7) is 2.20. The number of ether oxygens (including phenoxy) is 3. The Labute approximate surface area is 215 Å². The lowest BCUT2D eigenvalue weighted by molar-refractivity contribution is -0.143. The monoisotopic (exact) mass is 555 g/mol. The van der Waals surface area contributed by atoms with Gasteiger partial charge in [-0.15, -0.1) is 0 Å². The van der Waals surface area contributed by atoms with E-state index in [0.29, 0.717) is 34.7 Å². The van der Waals surface area contributed by atoms with E-state index in [2.05, 4.69) is 38.9 Å². The third-order valence-corrected chi connectivity index (χ3v) is 6.77. The van der Waals surface area contributed by atoms with Crippen LogP contribution in [0.1, 0.15) is 18.1 Å². The lowest BCUT2D eigenvalue weighted by Gasteiger charge is -2.16. The zero-order chi connectivity index (χ0) is 24.9. The van der Waals surface area contributed by atoms with Crippen molar-refractivity contribution in [1.82, 2.24) is 4.90 Å². The van der Waals surface area contributed by atoms with Crippen LogP contribution in [0.2, 0.25) is 0 Å². The van der Waals surface area contributed by atoms with E-state index in [1.165, 1.54) is 7.11 Å². The summed E-state index contributed by atoms with van der Waals surface area (Å²) in [5.74, 6) is -0.170. The van der Waals surface area contributed by atoms with E-state index in [0.717, 1.165) is 33.0 Å². The highest BCUT2D eigenvalue weighted by atomic mass is 79.9. The summed E-state index contributed by atoms with van der Waals surface area (Å²) in [4.78, 5) is 37.4. The van der Waals surface area contributed by atoms with E-state index in [-0.39, 0.29) is 4.91 Å². The summed E-state index contributed by atoms with van der Waals surface area (Å²) < 4.78 is 17.2. The van der Waals surface area contributed by atoms with Gasteiger partial charge < -0.3 is 14.2 Å². The van der Waals surface area contributed by atoms with Crippen LogP contribution < -0.4 is 9.47 Å². The molecule has 0 N–H and O–H groups in total. The lowest BCUT2D eigenvalue weighted by Crippen LogP contribution is -2.34. The molecule has 0 atom stereocenters. The lowest BCUT2D eigenvalue weighted by atomic mass is 10.1. The molecule has 35 heavy (non-hydrogen) atoms. The Morgan fingerprint density at radius 2 is 1.86 bits per heavy atom. The SMILES string of the molecule is CCOc1cc(/C=C2/SC(=O)N(CC(=O)OC)C2=O)cc(Br)c1OCc1cccc2ccccc12. The molecule has 3 aromatic rings. The Kier molecular flexibility index (Phi) is 7.77. The average Bonchev–Trinajstić information content (AvgIpc) is 3.10. The number of amides is 2. The highest BCUT2D eigenvalue weighted by Crippen LogP contribution is 2.40. The molecule has 0 unspecified atom stereocenters. The predicted octanol–water partition coefficient (Wildman–Crippen LogP) is 5.79. The number of carbonyl (C=O) groups is 3. The number of halogens is 1. The minimum Gasteiger partial charge on any atom is -0.490 e. The van der Waals surface area contributed by atoms with Crippen LogP contribution in [0.25, 0.3) is 16.8 Å². The van der Waals surface area contributed by atoms with Gasteiger partial charge in [-0.05, 0) is 74.7 Å². The third-order valence-electron chi connectivity index (χ3n) is 5.27. The van der Waals surface area contributed by atoms with E-state index in [4.69, 9.17) is 9.47 Å². The van der Waals surface area contributed by atoms with Gasteiger partial charge in [0.1, 0.15) is 13.2 Å². The van der Waals surface area contributed by atoms with Crippen LogP contribution in [-0.2, 0) is 20.9 Å². The second-order valence-electron chi connectivity index (χ2n) is 7.53. The summed E-state index contributed by atoms with van der Waals surface area (Å²) in [6.07, 6.45) is 1.59. The van der Waals surface area contributed by atoms with Crippen molar-refractivity contribution in [2.75, 3.05) is 20.3 Å². The van der Waals surface area contributed by atoms with Crippen LogP contribution in [0.5, 0.6) is 11.5 Å². The fraction of sp³-hybridized carbons (Fsp3) is 0.192. The Morgan fingerprint density at radius 3 is 2.63 bits per heavy atom. The standard InChI is InChI=1S/C26H22BrNO6S/c1-3-33-21-12-16(13-22-25(30)28(26(31)35-22)14-23(29)32-2)11-20(27)24(21)34-15-18-9-6-8-17-7-4-5-10-19(17)18/h4-13H,3,14-15H2,1-2H3/b22-13+. The number of rotatable bonds is 8. The molecule has 2 amide bonds. The minimum atomic E-state index is -0.664. The normalized spacial score (nSPS) is 14.6. The van der Waals surface area contributed by atoms with Crippen molar-refractivity contribution in [3.8, 4) is 11.5 Å². The molecule has 0 saturated carbocycles. The van der Waals surface area contributed by atoms with Crippen LogP contribution in [0, 0.1) is 0 Å². The van der Waals surface area contributed by atoms with E-state index in [1.807, 2.05) is 31.2 Å². The maximum absolute atomic E-state index is 12.6. The molecule has 1 fully saturated rings. The van der Waals surface area contributed by atoms with Gasteiger partial charge in [0.05, 0.1) is 23.1 Å². The largest absolute Gasteiger partial charge is 0.490 e. The number of esters is 1. The van der Waals surface area contributed by atoms with Crippen LogP contribution in [0.15, 0.2) is 64.0 Å². The topological polar surface area (TPSA) is 82.1 Å². The summed E-state index contributed by atoms with van der Waals surface area (Å²) in [7, 11) is 1.20. The summed E-state index contributed by atoms with van der Waals surface area (Å²) >= 11 is 4.33. The molecule has 0 aliphatic carbocycles. The van der Waals surface area contributed by atoms with Gasteiger partial charge in [0.25, 0.3) is 11.1 Å². The number of methoxy groups -OCH3 is 1. The van der Waals surface area contributed by atoms with Crippen LogP contribution in [-0.4, -0.2) is 42.3 Å². The van der Waals surface area contributed by atoms with Gasteiger partial charge in [-0.3, -0.25) is 19.3 Å². The van der Waals surface area contributed by atoms with Crippen molar-refractivity contribution < 1.29 is 28.6 Å². The first kappa shape index (κ1) is 24.8. The first-order valence-electron chi connectivity index (χ1n) is 10.8. The van der Waals surface area contributed by atoms with Gasteiger partial charge in [-0.25, -0.2) is 0 Å². The number of carbonyl (C=O) groups excluding carboxylic acids is 3. The molecule has 0 spiro atoms. The summed E-state index contributed by atoms with van der Waals surface area (Å²) in [6, 6.07) is 17.7. The van der Waals surface area contributed by atoms with Gasteiger partial charge in [0.2, 0.25) is 0 Å². The van der Waals surface area contributed by atoms with Crippen molar-refractivity contribution in [3.63, 3.8) is 0 Å². The number of benzene rings is 3. The van der Waals surface area contributed by atoms with E-state index < -0.39 is 23.7 Å². The van der Waals surface area contributed by atoms with Crippen LogP contribution in [0.4, 0.5) is 4.79 Å². The summed E-state index contributed by atoms with van der Waals surface area (Å²) in [5, 5.41) is 1.73. The Bertz CT molecular complexity index is 1330. The number of thioether (sulfide) groups is 1. The molecule has 0 bridgehead atoms. The molecule has 1 saturated heterocycles. The highest BCUT2D eigenvalue weighted by Gasteiger charge is 2.36. The maximum atomic E-state index is 12.6. The molecule has 180 valence electrons. The number of imide groups is 1. The van der Waals surface area contributed by atoms with Gasteiger partial charge in [-0.1, -0.05) is 42.5 Å². The molecule has 9 heteroatoms. The number of hydrogen-bond donors (Lipinski definition) is 0. The molecule has 4 rings (SSSR count). The van der Waals surface area contributed by atoms with Crippen LogP contribution >= 0.6 is 27.7 Å². The second-order valence-corrected chi connectivity index (χ2v) is 9.38. The fourth-order valence-electron chi connectivity index (χ4n) is 3.62. The van der Waals surface area contributed by atoms with Gasteiger partial charge >= 0.3 is 5.97 Å². The van der Waals surface area contributed by atoms with Crippen molar-refractivity contribution in [3.05, 3.63) is 75.1 Å². The average molecular weight is 556 g/mol. The molecule has 0 aromatic heterocycles. The van der Waals surface area contributed by atoms with Crippen molar-refractivity contribution in [1.29, 1.82) is 0 Å². The van der Waals surface area contributed by atoms with Crippen LogP contribution in [0.3, 0.4) is 0 Å².